The van der Waals surface area contributed by atoms with Crippen LogP contribution in [-0.2, 0) is 14.9 Å². The molecule has 4 aromatic rings. The molecule has 0 saturated heterocycles. The fourth-order valence-electron chi connectivity index (χ4n) is 3.21. The van der Waals surface area contributed by atoms with Crippen molar-refractivity contribution in [3.63, 3.8) is 0 Å². The van der Waals surface area contributed by atoms with Gasteiger partial charge in [-0.3, -0.25) is 4.79 Å². The van der Waals surface area contributed by atoms with Gasteiger partial charge in [0.25, 0.3) is 0 Å². The maximum atomic E-state index is 12.8. The Morgan fingerprint density at radius 3 is 2.16 bits per heavy atom. The third-order valence-corrected chi connectivity index (χ3v) is 5.95. The van der Waals surface area contributed by atoms with Crippen LogP contribution in [0, 0.1) is 6.92 Å². The van der Waals surface area contributed by atoms with Crippen LogP contribution in [0.5, 0.6) is 5.75 Å². The zero-order chi connectivity index (χ0) is 22.0. The molecule has 7 heteroatoms. The molecule has 0 radical (unpaired) electrons. The van der Waals surface area contributed by atoms with Crippen molar-refractivity contribution in [3.8, 4) is 16.9 Å². The number of fused-ring (bicyclic) bond motifs is 1. The average molecular weight is 433 g/mol. The summed E-state index contributed by atoms with van der Waals surface area (Å²) in [5.41, 5.74) is 3.71. The third kappa shape index (κ3) is 4.57. The van der Waals surface area contributed by atoms with Crippen LogP contribution in [0.25, 0.3) is 22.0 Å². The van der Waals surface area contributed by atoms with Gasteiger partial charge in [0, 0.05) is 23.7 Å². The number of nitrogens with zero attached hydrogens (tertiary/aromatic N) is 1. The Morgan fingerprint density at radius 2 is 1.52 bits per heavy atom. The predicted octanol–water partition coefficient (Wildman–Crippen LogP) is 4.94. The van der Waals surface area contributed by atoms with E-state index in [1.165, 1.54) is 19.1 Å². The molecule has 1 N–H and O–H groups in total. The molecule has 0 bridgehead atoms. The Labute approximate surface area is 180 Å². The second kappa shape index (κ2) is 8.20. The van der Waals surface area contributed by atoms with E-state index in [0.717, 1.165) is 22.2 Å². The minimum atomic E-state index is -4.02. The molecule has 4 rings (SSSR count). The minimum absolute atomic E-state index is 0.0516. The van der Waals surface area contributed by atoms with E-state index in [1.807, 2.05) is 37.3 Å². The molecule has 1 aromatic heterocycles. The number of aromatic nitrogens is 1. The molecule has 0 aliphatic heterocycles. The number of hydrogen-bond donors (Lipinski definition) is 1. The maximum absolute atomic E-state index is 12.8. The van der Waals surface area contributed by atoms with Crippen molar-refractivity contribution in [2.24, 2.45) is 0 Å². The Bertz CT molecular complexity index is 1360. The summed E-state index contributed by atoms with van der Waals surface area (Å²) in [6.45, 7) is 3.29. The summed E-state index contributed by atoms with van der Waals surface area (Å²) >= 11 is 0. The molecule has 1 heterocycles. The first-order valence-corrected chi connectivity index (χ1v) is 11.0. The lowest BCUT2D eigenvalue weighted by atomic mass is 10.1. The molecule has 0 fully saturated rings. The minimum Gasteiger partial charge on any atom is -0.377 e. The zero-order valence-corrected chi connectivity index (χ0v) is 17.8. The number of carbonyl (C=O) groups excluding carboxylic acids is 1. The molecule has 3 aromatic carbocycles. The van der Waals surface area contributed by atoms with E-state index < -0.39 is 10.1 Å². The highest BCUT2D eigenvalue weighted by Gasteiger charge is 2.19. The van der Waals surface area contributed by atoms with Crippen molar-refractivity contribution < 1.29 is 17.4 Å². The van der Waals surface area contributed by atoms with E-state index in [4.69, 9.17) is 4.18 Å². The lowest BCUT2D eigenvalue weighted by Gasteiger charge is -2.10. The van der Waals surface area contributed by atoms with Gasteiger partial charge in [0.1, 0.15) is 10.4 Å². The van der Waals surface area contributed by atoms with E-state index in [0.29, 0.717) is 11.2 Å². The van der Waals surface area contributed by atoms with Crippen molar-refractivity contribution >= 4 is 32.6 Å². The smallest absolute Gasteiger partial charge is 0.339 e. The van der Waals surface area contributed by atoms with Gasteiger partial charge in [0.15, 0.2) is 5.75 Å². The van der Waals surface area contributed by atoms with Crippen molar-refractivity contribution in [1.29, 1.82) is 0 Å². The van der Waals surface area contributed by atoms with Gasteiger partial charge in [0.2, 0.25) is 5.91 Å². The number of aryl methyl sites for hydroxylation is 1. The van der Waals surface area contributed by atoms with Gasteiger partial charge in [-0.25, -0.2) is 4.98 Å². The van der Waals surface area contributed by atoms with Gasteiger partial charge >= 0.3 is 10.1 Å². The summed E-state index contributed by atoms with van der Waals surface area (Å²) in [6.07, 6.45) is 0. The molecule has 1 amide bonds. The first kappa shape index (κ1) is 20.6. The number of carbonyl (C=O) groups is 1. The molecular formula is C24H20N2O4S. The lowest BCUT2D eigenvalue weighted by molar-refractivity contribution is -0.114. The molecule has 0 aliphatic carbocycles. The van der Waals surface area contributed by atoms with E-state index in [2.05, 4.69) is 10.3 Å². The Morgan fingerprint density at radius 1 is 0.871 bits per heavy atom. The Kier molecular flexibility index (Phi) is 5.44. The van der Waals surface area contributed by atoms with E-state index in [-0.39, 0.29) is 16.6 Å². The van der Waals surface area contributed by atoms with Crippen molar-refractivity contribution in [2.75, 3.05) is 5.32 Å². The monoisotopic (exact) mass is 432 g/mol. The summed E-state index contributed by atoms with van der Waals surface area (Å²) in [5, 5.41) is 3.51. The molecular weight excluding hydrogens is 412 g/mol. The van der Waals surface area contributed by atoms with Gasteiger partial charge < -0.3 is 9.50 Å². The predicted molar refractivity (Wildman–Crippen MR) is 120 cm³/mol. The van der Waals surface area contributed by atoms with Gasteiger partial charge in [-0.05, 0) is 54.4 Å². The second-order valence-electron chi connectivity index (χ2n) is 7.10. The van der Waals surface area contributed by atoms with Crippen molar-refractivity contribution in [1.82, 2.24) is 4.98 Å². The molecule has 0 unspecified atom stereocenters. The number of amides is 1. The summed E-state index contributed by atoms with van der Waals surface area (Å²) in [5.74, 6) is 0.0534. The summed E-state index contributed by atoms with van der Waals surface area (Å²) in [4.78, 5) is 15.6. The zero-order valence-electron chi connectivity index (χ0n) is 17.0. The molecule has 0 saturated carbocycles. The van der Waals surface area contributed by atoms with Gasteiger partial charge in [-0.15, -0.1) is 0 Å². The third-order valence-electron chi connectivity index (χ3n) is 4.70. The standard InChI is InChI=1S/C24H20N2O4S/c1-16-6-7-20-4-3-5-23(24(20)25-16)30-31(28,29)22-14-10-19(11-15-22)18-8-12-21(13-9-18)26-17(2)27/h3-15H,1-2H3,(H,26,27). The number of pyridine rings is 1. The van der Waals surface area contributed by atoms with Gasteiger partial charge in [0.05, 0.1) is 0 Å². The number of nitrogens with one attached hydrogen (secondary N) is 1. The maximum Gasteiger partial charge on any atom is 0.339 e. The van der Waals surface area contributed by atoms with Crippen LogP contribution in [0.4, 0.5) is 5.69 Å². The quantitative estimate of drug-likeness (QED) is 0.452. The van der Waals surface area contributed by atoms with Crippen LogP contribution in [0.3, 0.4) is 0 Å². The Balaban J connectivity index is 1.59. The molecule has 31 heavy (non-hydrogen) atoms. The molecule has 6 nitrogen and oxygen atoms in total. The highest BCUT2D eigenvalue weighted by atomic mass is 32.2. The summed E-state index contributed by atoms with van der Waals surface area (Å²) in [6, 6.07) is 22.7. The van der Waals surface area contributed by atoms with Crippen LogP contribution < -0.4 is 9.50 Å². The topological polar surface area (TPSA) is 85.4 Å². The second-order valence-corrected chi connectivity index (χ2v) is 8.65. The fourth-order valence-corrected chi connectivity index (χ4v) is 4.15. The molecule has 0 atom stereocenters. The van der Waals surface area contributed by atoms with Crippen molar-refractivity contribution in [2.45, 2.75) is 18.7 Å². The van der Waals surface area contributed by atoms with Crippen LogP contribution in [0.1, 0.15) is 12.6 Å². The molecule has 0 spiro atoms. The lowest BCUT2D eigenvalue weighted by Crippen LogP contribution is -2.10. The van der Waals surface area contributed by atoms with E-state index in [9.17, 15) is 13.2 Å². The van der Waals surface area contributed by atoms with E-state index >= 15 is 0 Å². The Hall–Kier alpha value is -3.71. The largest absolute Gasteiger partial charge is 0.377 e. The number of anilines is 1. The fraction of sp³-hybridized carbons (Fsp3) is 0.0833. The number of hydrogen-bond acceptors (Lipinski definition) is 5. The summed E-state index contributed by atoms with van der Waals surface area (Å²) in [7, 11) is -4.02. The van der Waals surface area contributed by atoms with Gasteiger partial charge in [-0.1, -0.05) is 42.5 Å². The highest BCUT2D eigenvalue weighted by Crippen LogP contribution is 2.28. The SMILES string of the molecule is CC(=O)Nc1ccc(-c2ccc(S(=O)(=O)Oc3cccc4ccc(C)nc34)cc2)cc1. The first-order chi connectivity index (χ1) is 14.8. The highest BCUT2D eigenvalue weighted by molar-refractivity contribution is 7.87. The van der Waals surface area contributed by atoms with Crippen LogP contribution >= 0.6 is 0 Å². The number of benzene rings is 3. The average Bonchev–Trinajstić information content (AvgIpc) is 2.74. The van der Waals surface area contributed by atoms with E-state index in [1.54, 1.807) is 36.4 Å². The van der Waals surface area contributed by atoms with Crippen LogP contribution in [0.15, 0.2) is 83.8 Å². The van der Waals surface area contributed by atoms with Crippen LogP contribution in [-0.4, -0.2) is 19.3 Å². The van der Waals surface area contributed by atoms with Crippen molar-refractivity contribution in [3.05, 3.63) is 84.6 Å². The van der Waals surface area contributed by atoms with Crippen LogP contribution in [0.2, 0.25) is 0 Å². The first-order valence-electron chi connectivity index (χ1n) is 9.61. The normalized spacial score (nSPS) is 11.3. The molecule has 0 aliphatic rings. The summed E-state index contributed by atoms with van der Waals surface area (Å²) < 4.78 is 31.1. The molecule has 156 valence electrons. The number of para-hydroxylation sites is 1. The van der Waals surface area contributed by atoms with Gasteiger partial charge in [-0.2, -0.15) is 8.42 Å². The number of rotatable bonds is 5.